The van der Waals surface area contributed by atoms with Gasteiger partial charge in [0, 0.05) is 5.02 Å². The van der Waals surface area contributed by atoms with Crippen molar-refractivity contribution < 1.29 is 4.74 Å². The average Bonchev–Trinajstić information content (AvgIpc) is 2.98. The first-order valence-electron chi connectivity index (χ1n) is 6.00. The molecule has 0 N–H and O–H groups in total. The molecule has 1 aromatic carbocycles. The highest BCUT2D eigenvalue weighted by Gasteiger charge is 2.24. The molecule has 0 bridgehead atoms. The second kappa shape index (κ2) is 4.70. The molecule has 0 radical (unpaired) electrons. The SMILES string of the molecule is CC(C)(C)c1cc(OCC2CC2)c(Cl)cc1Cl. The van der Waals surface area contributed by atoms with Crippen LogP contribution in [0.2, 0.25) is 10.0 Å². The predicted octanol–water partition coefficient (Wildman–Crippen LogP) is 5.08. The fraction of sp³-hybridized carbons (Fsp3) is 0.571. The van der Waals surface area contributed by atoms with Gasteiger partial charge in [0.25, 0.3) is 0 Å². The maximum Gasteiger partial charge on any atom is 0.138 e. The summed E-state index contributed by atoms with van der Waals surface area (Å²) in [5, 5.41) is 1.31. The minimum absolute atomic E-state index is 0.000632. The highest BCUT2D eigenvalue weighted by molar-refractivity contribution is 6.36. The fourth-order valence-electron chi connectivity index (χ4n) is 1.71. The van der Waals surface area contributed by atoms with Crippen molar-refractivity contribution in [2.75, 3.05) is 6.61 Å². The number of halogens is 2. The van der Waals surface area contributed by atoms with Crippen LogP contribution in [0.25, 0.3) is 0 Å². The van der Waals surface area contributed by atoms with Crippen LogP contribution in [-0.2, 0) is 5.41 Å². The van der Waals surface area contributed by atoms with Crippen molar-refractivity contribution >= 4 is 23.2 Å². The van der Waals surface area contributed by atoms with Gasteiger partial charge < -0.3 is 4.74 Å². The first-order valence-corrected chi connectivity index (χ1v) is 6.76. The van der Waals surface area contributed by atoms with Gasteiger partial charge in [-0.1, -0.05) is 44.0 Å². The van der Waals surface area contributed by atoms with Crippen molar-refractivity contribution in [2.45, 2.75) is 39.0 Å². The van der Waals surface area contributed by atoms with Crippen molar-refractivity contribution in [1.82, 2.24) is 0 Å². The molecule has 1 aliphatic rings. The van der Waals surface area contributed by atoms with Gasteiger partial charge in [0.2, 0.25) is 0 Å². The Hall–Kier alpha value is -0.400. The van der Waals surface area contributed by atoms with Gasteiger partial charge in [0.1, 0.15) is 5.75 Å². The van der Waals surface area contributed by atoms with Gasteiger partial charge >= 0.3 is 0 Å². The number of rotatable bonds is 3. The molecule has 0 aliphatic heterocycles. The Labute approximate surface area is 113 Å². The van der Waals surface area contributed by atoms with E-state index in [1.807, 2.05) is 6.07 Å². The quantitative estimate of drug-likeness (QED) is 0.746. The highest BCUT2D eigenvalue weighted by Crippen LogP contribution is 2.38. The molecule has 0 unspecified atom stereocenters. The van der Waals surface area contributed by atoms with Crippen LogP contribution in [0.1, 0.15) is 39.2 Å². The van der Waals surface area contributed by atoms with Crippen molar-refractivity contribution in [3.8, 4) is 5.75 Å². The zero-order valence-electron chi connectivity index (χ0n) is 10.5. The van der Waals surface area contributed by atoms with Gasteiger partial charge in [0.05, 0.1) is 11.6 Å². The predicted molar refractivity (Wildman–Crippen MR) is 73.4 cm³/mol. The van der Waals surface area contributed by atoms with Gasteiger partial charge in [-0.2, -0.15) is 0 Å². The lowest BCUT2D eigenvalue weighted by Crippen LogP contribution is -2.12. The summed E-state index contributed by atoms with van der Waals surface area (Å²) < 4.78 is 5.76. The van der Waals surface area contributed by atoms with Crippen LogP contribution in [0.15, 0.2) is 12.1 Å². The number of benzene rings is 1. The number of hydrogen-bond donors (Lipinski definition) is 0. The van der Waals surface area contributed by atoms with E-state index in [0.29, 0.717) is 10.0 Å². The lowest BCUT2D eigenvalue weighted by molar-refractivity contribution is 0.299. The summed E-state index contributed by atoms with van der Waals surface area (Å²) >= 11 is 12.4. The van der Waals surface area contributed by atoms with E-state index in [-0.39, 0.29) is 5.41 Å². The zero-order valence-corrected chi connectivity index (χ0v) is 12.0. The molecule has 1 nitrogen and oxygen atoms in total. The molecule has 0 saturated heterocycles. The van der Waals surface area contributed by atoms with Crippen LogP contribution < -0.4 is 4.74 Å². The lowest BCUT2D eigenvalue weighted by Gasteiger charge is -2.22. The molecule has 2 rings (SSSR count). The van der Waals surface area contributed by atoms with E-state index in [4.69, 9.17) is 27.9 Å². The molecule has 0 spiro atoms. The van der Waals surface area contributed by atoms with E-state index in [2.05, 4.69) is 20.8 Å². The Bertz CT molecular complexity index is 417. The first-order chi connectivity index (χ1) is 7.88. The molecule has 0 aromatic heterocycles. The summed E-state index contributed by atoms with van der Waals surface area (Å²) in [6, 6.07) is 3.76. The van der Waals surface area contributed by atoms with Crippen LogP contribution in [0.4, 0.5) is 0 Å². The molecule has 0 heterocycles. The van der Waals surface area contributed by atoms with Crippen LogP contribution >= 0.6 is 23.2 Å². The van der Waals surface area contributed by atoms with Gasteiger partial charge in [-0.25, -0.2) is 0 Å². The summed E-state index contributed by atoms with van der Waals surface area (Å²) in [5.74, 6) is 1.48. The van der Waals surface area contributed by atoms with Gasteiger partial charge in [0.15, 0.2) is 0 Å². The second-order valence-electron chi connectivity index (χ2n) is 5.77. The third-order valence-corrected chi connectivity index (χ3v) is 3.61. The average molecular weight is 273 g/mol. The molecule has 1 aliphatic carbocycles. The van der Waals surface area contributed by atoms with Crippen molar-refractivity contribution in [3.63, 3.8) is 0 Å². The maximum atomic E-state index is 6.22. The monoisotopic (exact) mass is 272 g/mol. The van der Waals surface area contributed by atoms with Gasteiger partial charge in [-0.05, 0) is 41.9 Å². The Kier molecular flexibility index (Phi) is 3.61. The first kappa shape index (κ1) is 13.0. The Balaban J connectivity index is 2.24. The normalized spacial score (nSPS) is 16.1. The summed E-state index contributed by atoms with van der Waals surface area (Å²) in [7, 11) is 0. The highest BCUT2D eigenvalue weighted by atomic mass is 35.5. The minimum Gasteiger partial charge on any atom is -0.492 e. The molecule has 1 aromatic rings. The van der Waals surface area contributed by atoms with E-state index < -0.39 is 0 Å². The summed E-state index contributed by atoms with van der Waals surface area (Å²) in [4.78, 5) is 0. The summed E-state index contributed by atoms with van der Waals surface area (Å²) in [6.07, 6.45) is 2.55. The van der Waals surface area contributed by atoms with Gasteiger partial charge in [-0.15, -0.1) is 0 Å². The summed E-state index contributed by atoms with van der Waals surface area (Å²) in [6.45, 7) is 7.16. The van der Waals surface area contributed by atoms with E-state index >= 15 is 0 Å². The smallest absolute Gasteiger partial charge is 0.138 e. The van der Waals surface area contributed by atoms with Crippen LogP contribution in [-0.4, -0.2) is 6.61 Å². The number of hydrogen-bond acceptors (Lipinski definition) is 1. The van der Waals surface area contributed by atoms with Crippen molar-refractivity contribution in [1.29, 1.82) is 0 Å². The molecule has 1 saturated carbocycles. The molecule has 94 valence electrons. The third kappa shape index (κ3) is 3.29. The number of ether oxygens (including phenoxy) is 1. The molecule has 0 amide bonds. The Morgan fingerprint density at radius 2 is 1.82 bits per heavy atom. The molecule has 1 fully saturated rings. The van der Waals surface area contributed by atoms with E-state index in [1.165, 1.54) is 12.8 Å². The molecule has 0 atom stereocenters. The van der Waals surface area contributed by atoms with Crippen LogP contribution in [0.5, 0.6) is 5.75 Å². The lowest BCUT2D eigenvalue weighted by atomic mass is 9.87. The van der Waals surface area contributed by atoms with E-state index in [0.717, 1.165) is 23.8 Å². The maximum absolute atomic E-state index is 6.22. The molecular formula is C14H18Cl2O. The standard InChI is InChI=1S/C14H18Cl2O/c1-14(2,3)10-6-13(12(16)7-11(10)15)17-8-9-4-5-9/h6-7,9H,4-5,8H2,1-3H3. The van der Waals surface area contributed by atoms with Gasteiger partial charge in [-0.3, -0.25) is 0 Å². The summed E-state index contributed by atoms with van der Waals surface area (Å²) in [5.41, 5.74) is 1.08. The Morgan fingerprint density at radius 1 is 1.18 bits per heavy atom. The van der Waals surface area contributed by atoms with E-state index in [9.17, 15) is 0 Å². The minimum atomic E-state index is -0.000632. The van der Waals surface area contributed by atoms with Crippen molar-refractivity contribution in [3.05, 3.63) is 27.7 Å². The fourth-order valence-corrected chi connectivity index (χ4v) is 2.43. The van der Waals surface area contributed by atoms with Crippen molar-refractivity contribution in [2.24, 2.45) is 5.92 Å². The molecule has 3 heteroatoms. The van der Waals surface area contributed by atoms with Crippen LogP contribution in [0.3, 0.4) is 0 Å². The zero-order chi connectivity index (χ0) is 12.6. The largest absolute Gasteiger partial charge is 0.492 e. The molecule has 17 heavy (non-hydrogen) atoms. The van der Waals surface area contributed by atoms with E-state index in [1.54, 1.807) is 6.07 Å². The second-order valence-corrected chi connectivity index (χ2v) is 6.58. The van der Waals surface area contributed by atoms with Crippen LogP contribution in [0, 0.1) is 5.92 Å². The topological polar surface area (TPSA) is 9.23 Å². The molecular weight excluding hydrogens is 255 g/mol. The Morgan fingerprint density at radius 3 is 2.35 bits per heavy atom. The third-order valence-electron chi connectivity index (χ3n) is 3.00.